The van der Waals surface area contributed by atoms with Gasteiger partial charge in [-0.15, -0.1) is 11.3 Å². The number of hydrogen-bond donors (Lipinski definition) is 2. The normalized spacial score (nSPS) is 11.6. The van der Waals surface area contributed by atoms with Crippen molar-refractivity contribution >= 4 is 43.0 Å². The van der Waals surface area contributed by atoms with E-state index < -0.39 is 10.0 Å². The Morgan fingerprint density at radius 3 is 2.74 bits per heavy atom. The molecule has 0 radical (unpaired) electrons. The van der Waals surface area contributed by atoms with Crippen LogP contribution >= 0.6 is 27.3 Å². The Hall–Kier alpha value is -0.890. The maximum Gasteiger partial charge on any atom is 0.216 e. The number of anilines is 1. The van der Waals surface area contributed by atoms with E-state index in [2.05, 4.69) is 20.7 Å². The van der Waals surface area contributed by atoms with Crippen molar-refractivity contribution in [2.24, 2.45) is 0 Å². The van der Waals surface area contributed by atoms with Crippen LogP contribution in [0.3, 0.4) is 0 Å². The number of benzene rings is 1. The first-order valence-electron chi connectivity index (χ1n) is 5.50. The molecule has 0 aliphatic carbocycles. The van der Waals surface area contributed by atoms with Gasteiger partial charge in [0, 0.05) is 21.6 Å². The quantitative estimate of drug-likeness (QED) is 0.805. The second kappa shape index (κ2) is 6.04. The smallest absolute Gasteiger partial charge is 0.216 e. The first kappa shape index (κ1) is 14.5. The summed E-state index contributed by atoms with van der Waals surface area (Å²) in [5.74, 6) is -0.0684. The molecular formula is C12H13BrN2O2S2. The highest BCUT2D eigenvalue weighted by Crippen LogP contribution is 2.22. The molecule has 102 valence electrons. The minimum atomic E-state index is -3.36. The molecule has 0 fully saturated rings. The maximum absolute atomic E-state index is 12.0. The number of rotatable bonds is 5. The number of nitrogens with two attached hydrogens (primary N) is 1. The van der Waals surface area contributed by atoms with Crippen LogP contribution in [0, 0.1) is 0 Å². The zero-order valence-corrected chi connectivity index (χ0v) is 13.2. The molecule has 0 saturated carbocycles. The fraction of sp³-hybridized carbons (Fsp3) is 0.167. The molecule has 2 aromatic rings. The summed E-state index contributed by atoms with van der Waals surface area (Å²) < 4.78 is 27.4. The molecule has 7 heteroatoms. The topological polar surface area (TPSA) is 72.2 Å². The second-order valence-corrected chi connectivity index (χ2v) is 7.68. The largest absolute Gasteiger partial charge is 0.399 e. The van der Waals surface area contributed by atoms with E-state index in [9.17, 15) is 8.42 Å². The van der Waals surface area contributed by atoms with Gasteiger partial charge in [0.2, 0.25) is 10.0 Å². The van der Waals surface area contributed by atoms with Crippen molar-refractivity contribution in [2.75, 3.05) is 5.73 Å². The average molecular weight is 361 g/mol. The first-order chi connectivity index (χ1) is 8.96. The Morgan fingerprint density at radius 1 is 1.32 bits per heavy atom. The number of nitrogen functional groups attached to an aromatic ring is 1. The molecule has 1 aromatic carbocycles. The molecule has 2 rings (SSSR count). The maximum atomic E-state index is 12.0. The van der Waals surface area contributed by atoms with Crippen LogP contribution in [0.15, 0.2) is 40.2 Å². The number of sulfonamides is 1. The van der Waals surface area contributed by atoms with Gasteiger partial charge in [0.05, 0.1) is 5.75 Å². The lowest BCUT2D eigenvalue weighted by atomic mass is 10.2. The molecule has 0 atom stereocenters. The molecule has 0 spiro atoms. The number of hydrogen-bond acceptors (Lipinski definition) is 4. The Bertz CT molecular complexity index is 668. The van der Waals surface area contributed by atoms with Crippen molar-refractivity contribution in [2.45, 2.75) is 12.3 Å². The SMILES string of the molecule is Nc1cccc(CS(=O)(=O)NCc2sccc2Br)c1. The summed E-state index contributed by atoms with van der Waals surface area (Å²) >= 11 is 4.87. The van der Waals surface area contributed by atoms with Crippen LogP contribution in [0.2, 0.25) is 0 Å². The van der Waals surface area contributed by atoms with Crippen molar-refractivity contribution in [3.05, 3.63) is 50.6 Å². The zero-order chi connectivity index (χ0) is 13.9. The molecule has 1 aromatic heterocycles. The van der Waals surface area contributed by atoms with Gasteiger partial charge in [-0.25, -0.2) is 13.1 Å². The third-order valence-electron chi connectivity index (χ3n) is 2.45. The van der Waals surface area contributed by atoms with Gasteiger partial charge in [-0.1, -0.05) is 12.1 Å². The predicted octanol–water partition coefficient (Wildman–Crippen LogP) is 2.71. The van der Waals surface area contributed by atoms with E-state index in [1.807, 2.05) is 11.4 Å². The summed E-state index contributed by atoms with van der Waals surface area (Å²) in [7, 11) is -3.36. The molecular weight excluding hydrogens is 348 g/mol. The molecule has 4 nitrogen and oxygen atoms in total. The molecule has 19 heavy (non-hydrogen) atoms. The Balaban J connectivity index is 2.01. The fourth-order valence-electron chi connectivity index (χ4n) is 1.58. The molecule has 3 N–H and O–H groups in total. The third kappa shape index (κ3) is 4.31. The number of halogens is 1. The van der Waals surface area contributed by atoms with Gasteiger partial charge >= 0.3 is 0 Å². The highest BCUT2D eigenvalue weighted by Gasteiger charge is 2.12. The summed E-state index contributed by atoms with van der Waals surface area (Å²) in [6.45, 7) is 0.295. The lowest BCUT2D eigenvalue weighted by Gasteiger charge is -2.06. The summed E-state index contributed by atoms with van der Waals surface area (Å²) in [4.78, 5) is 0.955. The van der Waals surface area contributed by atoms with Crippen LogP contribution in [0.25, 0.3) is 0 Å². The standard InChI is InChI=1S/C12H13BrN2O2S2/c13-11-4-5-18-12(11)7-15-19(16,17)8-9-2-1-3-10(14)6-9/h1-6,15H,7-8,14H2. The zero-order valence-electron chi connectivity index (χ0n) is 9.97. The summed E-state index contributed by atoms with van der Waals surface area (Å²) in [5.41, 5.74) is 6.87. The molecule has 0 aliphatic rings. The Labute approximate surface area is 124 Å². The van der Waals surface area contributed by atoms with Crippen LogP contribution in [-0.4, -0.2) is 8.42 Å². The van der Waals surface area contributed by atoms with Gasteiger partial charge in [-0.3, -0.25) is 0 Å². The van der Waals surface area contributed by atoms with Crippen molar-refractivity contribution in [1.82, 2.24) is 4.72 Å². The van der Waals surface area contributed by atoms with Gasteiger partial charge in [0.25, 0.3) is 0 Å². The van der Waals surface area contributed by atoms with E-state index in [1.54, 1.807) is 24.3 Å². The van der Waals surface area contributed by atoms with E-state index in [4.69, 9.17) is 5.73 Å². The van der Waals surface area contributed by atoms with Crippen molar-refractivity contribution in [3.63, 3.8) is 0 Å². The van der Waals surface area contributed by atoms with Crippen LogP contribution in [0.1, 0.15) is 10.4 Å². The molecule has 0 saturated heterocycles. The monoisotopic (exact) mass is 360 g/mol. The first-order valence-corrected chi connectivity index (χ1v) is 8.82. The minimum absolute atomic E-state index is 0.0684. The number of thiophene rings is 1. The summed E-state index contributed by atoms with van der Waals surface area (Å²) in [5, 5.41) is 1.91. The van der Waals surface area contributed by atoms with Gasteiger partial charge in [-0.2, -0.15) is 0 Å². The molecule has 1 heterocycles. The summed E-state index contributed by atoms with van der Waals surface area (Å²) in [6, 6.07) is 8.78. The third-order valence-corrected chi connectivity index (χ3v) is 5.68. The molecule has 0 bridgehead atoms. The number of nitrogens with one attached hydrogen (secondary N) is 1. The van der Waals surface area contributed by atoms with Gasteiger partial charge < -0.3 is 5.73 Å². The fourth-order valence-corrected chi connectivity index (χ4v) is 4.19. The van der Waals surface area contributed by atoms with Crippen molar-refractivity contribution < 1.29 is 8.42 Å². The van der Waals surface area contributed by atoms with Crippen molar-refractivity contribution in [1.29, 1.82) is 0 Å². The average Bonchev–Trinajstić information content (AvgIpc) is 2.72. The lowest BCUT2D eigenvalue weighted by Crippen LogP contribution is -2.24. The Morgan fingerprint density at radius 2 is 2.11 bits per heavy atom. The van der Waals surface area contributed by atoms with Gasteiger partial charge in [0.15, 0.2) is 0 Å². The Kier molecular flexibility index (Phi) is 4.62. The van der Waals surface area contributed by atoms with E-state index in [1.165, 1.54) is 11.3 Å². The van der Waals surface area contributed by atoms with E-state index >= 15 is 0 Å². The van der Waals surface area contributed by atoms with Crippen LogP contribution in [-0.2, 0) is 22.3 Å². The summed E-state index contributed by atoms with van der Waals surface area (Å²) in [6.07, 6.45) is 0. The van der Waals surface area contributed by atoms with E-state index in [-0.39, 0.29) is 5.75 Å². The second-order valence-electron chi connectivity index (χ2n) is 4.02. The predicted molar refractivity (Wildman–Crippen MR) is 82.3 cm³/mol. The van der Waals surface area contributed by atoms with Crippen LogP contribution in [0.4, 0.5) is 5.69 Å². The van der Waals surface area contributed by atoms with E-state index in [0.717, 1.165) is 9.35 Å². The molecule has 0 aliphatic heterocycles. The van der Waals surface area contributed by atoms with Crippen molar-refractivity contribution in [3.8, 4) is 0 Å². The van der Waals surface area contributed by atoms with E-state index in [0.29, 0.717) is 17.8 Å². The van der Waals surface area contributed by atoms with Gasteiger partial charge in [0.1, 0.15) is 0 Å². The highest BCUT2D eigenvalue weighted by atomic mass is 79.9. The lowest BCUT2D eigenvalue weighted by molar-refractivity contribution is 0.581. The van der Waals surface area contributed by atoms with Crippen LogP contribution < -0.4 is 10.5 Å². The van der Waals surface area contributed by atoms with Crippen LogP contribution in [0.5, 0.6) is 0 Å². The minimum Gasteiger partial charge on any atom is -0.399 e. The molecule has 0 unspecified atom stereocenters. The highest BCUT2D eigenvalue weighted by molar-refractivity contribution is 9.10. The van der Waals surface area contributed by atoms with Gasteiger partial charge in [-0.05, 0) is 45.1 Å². The molecule has 0 amide bonds.